The van der Waals surface area contributed by atoms with Crippen LogP contribution in [0.15, 0.2) is 60.7 Å². The quantitative estimate of drug-likeness (QED) is 0.505. The van der Waals surface area contributed by atoms with Gasteiger partial charge in [0.05, 0.1) is 0 Å². The van der Waals surface area contributed by atoms with E-state index in [2.05, 4.69) is 43.3 Å². The number of rotatable bonds is 4. The maximum atomic E-state index is 13.2. The van der Waals surface area contributed by atoms with Gasteiger partial charge in [0, 0.05) is 0 Å². The first-order chi connectivity index (χ1) is 12.2. The predicted octanol–water partition coefficient (Wildman–Crippen LogP) is 6.60. The lowest BCUT2D eigenvalue weighted by Gasteiger charge is -2.21. The van der Waals surface area contributed by atoms with Crippen LogP contribution in [0.1, 0.15) is 36.5 Å². The van der Waals surface area contributed by atoms with Gasteiger partial charge < -0.3 is 0 Å². The van der Waals surface area contributed by atoms with E-state index >= 15 is 0 Å². The van der Waals surface area contributed by atoms with Gasteiger partial charge in [0.2, 0.25) is 0 Å². The van der Waals surface area contributed by atoms with Gasteiger partial charge in [-0.15, -0.1) is 0 Å². The van der Waals surface area contributed by atoms with Crippen molar-refractivity contribution < 1.29 is 4.39 Å². The summed E-state index contributed by atoms with van der Waals surface area (Å²) in [7, 11) is 0. The third-order valence-corrected chi connectivity index (χ3v) is 5.23. The van der Waals surface area contributed by atoms with Crippen LogP contribution >= 0.6 is 0 Å². The van der Waals surface area contributed by atoms with E-state index < -0.39 is 0 Å². The number of benzene rings is 3. The summed E-state index contributed by atoms with van der Waals surface area (Å²) in [6.45, 7) is 2.24. The second-order valence-electron chi connectivity index (χ2n) is 6.97. The first-order valence-corrected chi connectivity index (χ1v) is 9.25. The average Bonchev–Trinajstić information content (AvgIpc) is 2.66. The molecule has 0 unspecified atom stereocenters. The van der Waals surface area contributed by atoms with E-state index in [1.54, 1.807) is 0 Å². The van der Waals surface area contributed by atoms with Gasteiger partial charge in [-0.25, -0.2) is 4.39 Å². The monoisotopic (exact) mass is 330 g/mol. The van der Waals surface area contributed by atoms with E-state index in [-0.39, 0.29) is 5.82 Å². The van der Waals surface area contributed by atoms with Crippen LogP contribution < -0.4 is 0 Å². The number of aryl methyl sites for hydroxylation is 3. The molecule has 0 nitrogen and oxygen atoms in total. The van der Waals surface area contributed by atoms with Crippen molar-refractivity contribution in [2.45, 2.75) is 39.0 Å². The minimum absolute atomic E-state index is 0.186. The van der Waals surface area contributed by atoms with Crippen molar-refractivity contribution in [1.82, 2.24) is 0 Å². The summed E-state index contributed by atoms with van der Waals surface area (Å²) < 4.78 is 13.2. The van der Waals surface area contributed by atoms with Crippen LogP contribution in [0, 0.1) is 5.82 Å². The summed E-state index contributed by atoms with van der Waals surface area (Å²) in [5.41, 5.74) is 9.33. The Balaban J connectivity index is 1.68. The fraction of sp³-hybridized carbons (Fsp3) is 0.250. The molecule has 0 radical (unpaired) electrons. The fourth-order valence-electron chi connectivity index (χ4n) is 3.81. The molecule has 0 amide bonds. The molecular formula is C24H23F. The molecule has 126 valence electrons. The molecular weight excluding hydrogens is 307 g/mol. The molecule has 0 fully saturated rings. The highest BCUT2D eigenvalue weighted by Gasteiger charge is 2.17. The van der Waals surface area contributed by atoms with Crippen LogP contribution in [0.2, 0.25) is 0 Å². The standard InChI is InChI=1S/C24H23F/c1-2-3-4-17-5-13-23-20(15-17)6-7-21-16-19(10-14-24(21)23)18-8-11-22(25)12-9-18/h5,8-16H,2-4,6-7H2,1H3. The molecule has 0 spiro atoms. The van der Waals surface area contributed by atoms with Crippen molar-refractivity contribution >= 4 is 0 Å². The van der Waals surface area contributed by atoms with Crippen LogP contribution in [0.25, 0.3) is 22.3 Å². The Hall–Kier alpha value is -2.41. The summed E-state index contributed by atoms with van der Waals surface area (Å²) in [6.07, 6.45) is 5.87. The van der Waals surface area contributed by atoms with Gasteiger partial charge in [-0.2, -0.15) is 0 Å². The molecule has 0 saturated heterocycles. The molecule has 3 aromatic rings. The average molecular weight is 330 g/mol. The Morgan fingerprint density at radius 1 is 0.760 bits per heavy atom. The number of hydrogen-bond acceptors (Lipinski definition) is 0. The SMILES string of the molecule is CCCCc1ccc2c(c1)CCc1cc(-c3ccc(F)cc3)ccc1-2. The van der Waals surface area contributed by atoms with Crippen molar-refractivity contribution in [2.75, 3.05) is 0 Å². The highest BCUT2D eigenvalue weighted by Crippen LogP contribution is 2.36. The lowest BCUT2D eigenvalue weighted by atomic mass is 9.83. The van der Waals surface area contributed by atoms with Crippen LogP contribution in [0.5, 0.6) is 0 Å². The highest BCUT2D eigenvalue weighted by atomic mass is 19.1. The molecule has 0 heterocycles. The summed E-state index contributed by atoms with van der Waals surface area (Å²) in [5, 5.41) is 0. The molecule has 0 aliphatic heterocycles. The van der Waals surface area contributed by atoms with Crippen LogP contribution in [0.4, 0.5) is 4.39 Å². The van der Waals surface area contributed by atoms with Crippen molar-refractivity contribution in [3.05, 3.63) is 83.2 Å². The Labute approximate surface area is 149 Å². The molecule has 1 aliphatic rings. The zero-order valence-electron chi connectivity index (χ0n) is 14.7. The first kappa shape index (κ1) is 16.1. The minimum atomic E-state index is -0.186. The molecule has 0 N–H and O–H groups in total. The molecule has 4 rings (SSSR count). The highest BCUT2D eigenvalue weighted by molar-refractivity contribution is 5.77. The maximum Gasteiger partial charge on any atom is 0.123 e. The van der Waals surface area contributed by atoms with Gasteiger partial charge in [0.15, 0.2) is 0 Å². The van der Waals surface area contributed by atoms with Crippen molar-refractivity contribution in [1.29, 1.82) is 0 Å². The molecule has 0 bridgehead atoms. The zero-order chi connectivity index (χ0) is 17.2. The lowest BCUT2D eigenvalue weighted by Crippen LogP contribution is -2.05. The van der Waals surface area contributed by atoms with Crippen molar-refractivity contribution in [2.24, 2.45) is 0 Å². The van der Waals surface area contributed by atoms with Gasteiger partial charge in [0.25, 0.3) is 0 Å². The van der Waals surface area contributed by atoms with Gasteiger partial charge in [-0.05, 0) is 76.8 Å². The van der Waals surface area contributed by atoms with E-state index in [9.17, 15) is 4.39 Å². The van der Waals surface area contributed by atoms with E-state index in [4.69, 9.17) is 0 Å². The van der Waals surface area contributed by atoms with E-state index in [1.807, 2.05) is 12.1 Å². The van der Waals surface area contributed by atoms with E-state index in [0.29, 0.717) is 0 Å². The predicted molar refractivity (Wildman–Crippen MR) is 103 cm³/mol. The Morgan fingerprint density at radius 3 is 2.12 bits per heavy atom. The van der Waals surface area contributed by atoms with E-state index in [1.165, 1.54) is 64.8 Å². The minimum Gasteiger partial charge on any atom is -0.207 e. The molecule has 1 aliphatic carbocycles. The third kappa shape index (κ3) is 3.24. The summed E-state index contributed by atoms with van der Waals surface area (Å²) in [4.78, 5) is 0. The van der Waals surface area contributed by atoms with Gasteiger partial charge in [0.1, 0.15) is 5.82 Å². The lowest BCUT2D eigenvalue weighted by molar-refractivity contribution is 0.628. The number of hydrogen-bond donors (Lipinski definition) is 0. The molecule has 0 aromatic heterocycles. The summed E-state index contributed by atoms with van der Waals surface area (Å²) in [6, 6.07) is 20.4. The van der Waals surface area contributed by atoms with Gasteiger partial charge in [-0.3, -0.25) is 0 Å². The maximum absolute atomic E-state index is 13.2. The molecule has 0 saturated carbocycles. The second-order valence-corrected chi connectivity index (χ2v) is 6.97. The largest absolute Gasteiger partial charge is 0.207 e. The Kier molecular flexibility index (Phi) is 4.40. The number of unbranched alkanes of at least 4 members (excludes halogenated alkanes) is 1. The Morgan fingerprint density at radius 2 is 1.40 bits per heavy atom. The number of halogens is 1. The van der Waals surface area contributed by atoms with Crippen LogP contribution in [-0.2, 0) is 19.3 Å². The van der Waals surface area contributed by atoms with E-state index in [0.717, 1.165) is 18.4 Å². The molecule has 3 aromatic carbocycles. The summed E-state index contributed by atoms with van der Waals surface area (Å²) in [5.74, 6) is -0.186. The van der Waals surface area contributed by atoms with Crippen molar-refractivity contribution in [3.8, 4) is 22.3 Å². The van der Waals surface area contributed by atoms with Gasteiger partial charge in [-0.1, -0.05) is 61.9 Å². The third-order valence-electron chi connectivity index (χ3n) is 5.23. The van der Waals surface area contributed by atoms with Crippen LogP contribution in [-0.4, -0.2) is 0 Å². The van der Waals surface area contributed by atoms with Gasteiger partial charge >= 0.3 is 0 Å². The molecule has 1 heteroatoms. The normalized spacial score (nSPS) is 12.6. The smallest absolute Gasteiger partial charge is 0.123 e. The fourth-order valence-corrected chi connectivity index (χ4v) is 3.81. The molecule has 0 atom stereocenters. The molecule has 25 heavy (non-hydrogen) atoms. The van der Waals surface area contributed by atoms with Crippen molar-refractivity contribution in [3.63, 3.8) is 0 Å². The second kappa shape index (κ2) is 6.84. The zero-order valence-corrected chi connectivity index (χ0v) is 14.7. The van der Waals surface area contributed by atoms with Crippen LogP contribution in [0.3, 0.4) is 0 Å². The Bertz CT molecular complexity index is 890. The number of fused-ring (bicyclic) bond motifs is 3. The first-order valence-electron chi connectivity index (χ1n) is 9.25. The summed E-state index contributed by atoms with van der Waals surface area (Å²) >= 11 is 0. The topological polar surface area (TPSA) is 0 Å².